The average molecular weight is 451 g/mol. The molecule has 4 nitrogen and oxygen atoms in total. The van der Waals surface area contributed by atoms with Gasteiger partial charge in [-0.2, -0.15) is 0 Å². The normalized spacial score (nSPS) is 15.3. The van der Waals surface area contributed by atoms with Crippen molar-refractivity contribution in [2.24, 2.45) is 4.99 Å². The van der Waals surface area contributed by atoms with Gasteiger partial charge in [-0.3, -0.25) is 0 Å². The number of aryl methyl sites for hydroxylation is 2. The summed E-state index contributed by atoms with van der Waals surface area (Å²) in [6.07, 6.45) is 8.20. The molecule has 0 fully saturated rings. The van der Waals surface area contributed by atoms with Gasteiger partial charge in [-0.1, -0.05) is 73.4 Å². The standard InChI is InChI=1S/C30H30N2O2/c1-6-15-34-26-11-12-28-27(19-26)29(25-9-7-24(8-10-25)20(2)3)31-30(33)32(28)14-13-23-17-21(4)16-22(5)18-23/h1,7-14,16-20,30,33H,15H2,2-5H3. The van der Waals surface area contributed by atoms with Crippen molar-refractivity contribution in [3.8, 4) is 18.1 Å². The topological polar surface area (TPSA) is 45.1 Å². The molecule has 1 aliphatic rings. The Kier molecular flexibility index (Phi) is 6.86. The van der Waals surface area contributed by atoms with Crippen molar-refractivity contribution in [1.82, 2.24) is 0 Å². The van der Waals surface area contributed by atoms with E-state index in [2.05, 4.69) is 81.1 Å². The van der Waals surface area contributed by atoms with Crippen LogP contribution in [-0.2, 0) is 0 Å². The maximum Gasteiger partial charge on any atom is 0.229 e. The number of benzene rings is 3. The number of aliphatic hydroxyl groups excluding tert-OH is 1. The van der Waals surface area contributed by atoms with Gasteiger partial charge in [-0.15, -0.1) is 6.42 Å². The lowest BCUT2D eigenvalue weighted by Gasteiger charge is -2.32. The highest BCUT2D eigenvalue weighted by Gasteiger charge is 2.26. The van der Waals surface area contributed by atoms with Crippen LogP contribution in [0, 0.1) is 26.2 Å². The van der Waals surface area contributed by atoms with E-state index >= 15 is 0 Å². The lowest BCUT2D eigenvalue weighted by atomic mass is 9.95. The van der Waals surface area contributed by atoms with Crippen molar-refractivity contribution in [3.05, 3.63) is 100 Å². The third kappa shape index (κ3) is 5.06. The Morgan fingerprint density at radius 1 is 1.06 bits per heavy atom. The Hall–Kier alpha value is -3.81. The van der Waals surface area contributed by atoms with Crippen LogP contribution in [0.25, 0.3) is 6.08 Å². The SMILES string of the molecule is C#CCOc1ccc2c(c1)C(c1ccc(C(C)C)cc1)=NC(O)N2C=Cc1cc(C)cc(C)c1. The molecule has 4 rings (SSSR count). The van der Waals surface area contributed by atoms with Crippen molar-refractivity contribution in [2.75, 3.05) is 11.5 Å². The van der Waals surface area contributed by atoms with E-state index in [0.29, 0.717) is 11.7 Å². The van der Waals surface area contributed by atoms with E-state index in [-0.39, 0.29) is 6.61 Å². The summed E-state index contributed by atoms with van der Waals surface area (Å²) in [6.45, 7) is 8.68. The molecule has 0 aromatic heterocycles. The maximum absolute atomic E-state index is 11.0. The Morgan fingerprint density at radius 3 is 2.41 bits per heavy atom. The summed E-state index contributed by atoms with van der Waals surface area (Å²) in [5, 5.41) is 11.0. The second-order valence-electron chi connectivity index (χ2n) is 8.92. The summed E-state index contributed by atoms with van der Waals surface area (Å²) in [5.74, 6) is 3.61. The van der Waals surface area contributed by atoms with Crippen molar-refractivity contribution in [1.29, 1.82) is 0 Å². The van der Waals surface area contributed by atoms with Crippen LogP contribution >= 0.6 is 0 Å². The van der Waals surface area contributed by atoms with Crippen LogP contribution in [0.1, 0.15) is 53.1 Å². The zero-order chi connectivity index (χ0) is 24.2. The highest BCUT2D eigenvalue weighted by molar-refractivity contribution is 6.17. The number of nitrogens with zero attached hydrogens (tertiary/aromatic N) is 2. The molecule has 0 saturated heterocycles. The van der Waals surface area contributed by atoms with Crippen LogP contribution in [-0.4, -0.2) is 23.8 Å². The predicted molar refractivity (Wildman–Crippen MR) is 140 cm³/mol. The number of hydrogen-bond donors (Lipinski definition) is 1. The van der Waals surface area contributed by atoms with Gasteiger partial charge >= 0.3 is 0 Å². The van der Waals surface area contributed by atoms with Crippen LogP contribution in [0.3, 0.4) is 0 Å². The number of ether oxygens (including phenoxy) is 1. The van der Waals surface area contributed by atoms with Gasteiger partial charge in [0.2, 0.25) is 6.35 Å². The van der Waals surface area contributed by atoms with E-state index in [1.54, 1.807) is 4.90 Å². The van der Waals surface area contributed by atoms with Crippen molar-refractivity contribution in [3.63, 3.8) is 0 Å². The number of aliphatic imine (C=N–C) groups is 1. The summed E-state index contributed by atoms with van der Waals surface area (Å²) in [7, 11) is 0. The van der Waals surface area contributed by atoms with Gasteiger partial charge in [0.05, 0.1) is 11.4 Å². The molecule has 1 unspecified atom stereocenters. The summed E-state index contributed by atoms with van der Waals surface area (Å²) < 4.78 is 5.68. The Balaban J connectivity index is 1.76. The molecule has 0 aliphatic carbocycles. The van der Waals surface area contributed by atoms with E-state index in [1.165, 1.54) is 16.7 Å². The van der Waals surface area contributed by atoms with Gasteiger partial charge in [0.15, 0.2) is 0 Å². The molecular weight excluding hydrogens is 420 g/mol. The molecule has 1 N–H and O–H groups in total. The average Bonchev–Trinajstić information content (AvgIpc) is 2.81. The summed E-state index contributed by atoms with van der Waals surface area (Å²) in [5.41, 5.74) is 8.10. The van der Waals surface area contributed by atoms with Crippen LogP contribution in [0.2, 0.25) is 0 Å². The molecular formula is C30H30N2O2. The zero-order valence-electron chi connectivity index (χ0n) is 20.1. The monoisotopic (exact) mass is 450 g/mol. The minimum atomic E-state index is -1.05. The number of hydrogen-bond acceptors (Lipinski definition) is 4. The molecule has 0 amide bonds. The molecule has 0 saturated carbocycles. The highest BCUT2D eigenvalue weighted by Crippen LogP contribution is 2.34. The number of terminal acetylenes is 1. The first kappa shape index (κ1) is 23.4. The molecule has 1 aliphatic heterocycles. The molecule has 3 aromatic rings. The first-order chi connectivity index (χ1) is 16.4. The largest absolute Gasteiger partial charge is 0.481 e. The first-order valence-electron chi connectivity index (χ1n) is 11.5. The summed E-state index contributed by atoms with van der Waals surface area (Å²) in [4.78, 5) is 6.44. The fourth-order valence-electron chi connectivity index (χ4n) is 4.20. The number of anilines is 1. The smallest absolute Gasteiger partial charge is 0.229 e. The minimum Gasteiger partial charge on any atom is -0.481 e. The van der Waals surface area contributed by atoms with Crippen molar-refractivity contribution >= 4 is 17.5 Å². The lowest BCUT2D eigenvalue weighted by Crippen LogP contribution is -2.35. The van der Waals surface area contributed by atoms with Gasteiger partial charge in [-0.05, 0) is 55.2 Å². The second-order valence-corrected chi connectivity index (χ2v) is 8.92. The van der Waals surface area contributed by atoms with Crippen LogP contribution < -0.4 is 9.64 Å². The molecule has 0 bridgehead atoms. The zero-order valence-corrected chi connectivity index (χ0v) is 20.1. The summed E-state index contributed by atoms with van der Waals surface area (Å²) >= 11 is 0. The fourth-order valence-corrected chi connectivity index (χ4v) is 4.20. The van der Waals surface area contributed by atoms with E-state index in [0.717, 1.165) is 28.1 Å². The minimum absolute atomic E-state index is 0.188. The van der Waals surface area contributed by atoms with Gasteiger partial charge < -0.3 is 14.7 Å². The molecule has 3 aromatic carbocycles. The summed E-state index contributed by atoms with van der Waals surface area (Å²) in [6, 6.07) is 20.4. The molecule has 1 heterocycles. The highest BCUT2D eigenvalue weighted by atomic mass is 16.5. The van der Waals surface area contributed by atoms with E-state index in [1.807, 2.05) is 30.5 Å². The quantitative estimate of drug-likeness (QED) is 0.466. The molecule has 4 heteroatoms. The van der Waals surface area contributed by atoms with E-state index in [9.17, 15) is 5.11 Å². The van der Waals surface area contributed by atoms with Gasteiger partial charge in [0.25, 0.3) is 0 Å². The van der Waals surface area contributed by atoms with Gasteiger partial charge in [0.1, 0.15) is 12.4 Å². The van der Waals surface area contributed by atoms with Crippen LogP contribution in [0.5, 0.6) is 5.75 Å². The van der Waals surface area contributed by atoms with E-state index < -0.39 is 6.35 Å². The molecule has 172 valence electrons. The fraction of sp³-hybridized carbons (Fsp3) is 0.233. The lowest BCUT2D eigenvalue weighted by molar-refractivity contribution is 0.188. The molecule has 1 atom stereocenters. The Labute approximate surface area is 202 Å². The van der Waals surface area contributed by atoms with Gasteiger partial charge in [0, 0.05) is 17.3 Å². The van der Waals surface area contributed by atoms with Crippen molar-refractivity contribution in [2.45, 2.75) is 40.0 Å². The maximum atomic E-state index is 11.0. The van der Waals surface area contributed by atoms with Crippen LogP contribution in [0.4, 0.5) is 5.69 Å². The number of fused-ring (bicyclic) bond motifs is 1. The Morgan fingerprint density at radius 2 is 1.76 bits per heavy atom. The Bertz CT molecular complexity index is 1260. The van der Waals surface area contributed by atoms with Crippen LogP contribution in [0.15, 0.2) is 71.9 Å². The third-order valence-electron chi connectivity index (χ3n) is 5.84. The number of rotatable bonds is 6. The van der Waals surface area contributed by atoms with Gasteiger partial charge in [-0.25, -0.2) is 4.99 Å². The van der Waals surface area contributed by atoms with Crippen molar-refractivity contribution < 1.29 is 9.84 Å². The van der Waals surface area contributed by atoms with E-state index in [4.69, 9.17) is 11.2 Å². The second kappa shape index (κ2) is 9.99. The predicted octanol–water partition coefficient (Wildman–Crippen LogP) is 6.04. The molecule has 0 spiro atoms. The third-order valence-corrected chi connectivity index (χ3v) is 5.84. The molecule has 0 radical (unpaired) electrons. The first-order valence-corrected chi connectivity index (χ1v) is 11.5. The number of aliphatic hydroxyl groups is 1. The molecule has 34 heavy (non-hydrogen) atoms.